The fourth-order valence-corrected chi connectivity index (χ4v) is 1.25. The predicted molar refractivity (Wildman–Crippen MR) is 35.3 cm³/mol. The Hall–Kier alpha value is 0.0200. The molecule has 0 N–H and O–H groups in total. The van der Waals surface area contributed by atoms with E-state index in [-0.39, 0.29) is 0 Å². The van der Waals surface area contributed by atoms with E-state index in [4.69, 9.17) is 0 Å². The minimum absolute atomic E-state index is 1.03. The first-order valence-corrected chi connectivity index (χ1v) is 3.71. The van der Waals surface area contributed by atoms with Gasteiger partial charge in [0.25, 0.3) is 0 Å². The van der Waals surface area contributed by atoms with E-state index in [9.17, 15) is 0 Å². The van der Waals surface area contributed by atoms with Gasteiger partial charge in [0, 0.05) is 12.3 Å². The van der Waals surface area contributed by atoms with Crippen LogP contribution in [0, 0.1) is 0 Å². The van der Waals surface area contributed by atoms with E-state index in [0.29, 0.717) is 0 Å². The average Bonchev–Trinajstić information content (AvgIpc) is 1.90. The summed E-state index contributed by atoms with van der Waals surface area (Å²) in [6.07, 6.45) is 3.20. The van der Waals surface area contributed by atoms with Crippen molar-refractivity contribution in [3.8, 4) is 0 Å². The molecule has 0 unspecified atom stereocenters. The van der Waals surface area contributed by atoms with E-state index in [1.807, 2.05) is 18.0 Å². The van der Waals surface area contributed by atoms with Gasteiger partial charge < -0.3 is 0 Å². The number of aliphatic imine (C=N–C) groups is 1. The Bertz CT molecular complexity index is 62.5. The Labute approximate surface area is 48.2 Å². The maximum atomic E-state index is 4.12. The fourth-order valence-electron chi connectivity index (χ4n) is 0.538. The summed E-state index contributed by atoms with van der Waals surface area (Å²) >= 11 is 1.99. The van der Waals surface area contributed by atoms with Crippen LogP contribution in [0.25, 0.3) is 0 Å². The molecule has 1 aliphatic rings. The highest BCUT2D eigenvalue weighted by molar-refractivity contribution is 7.99. The first-order chi connectivity index (χ1) is 3.50. The molecular weight excluding hydrogens is 106 g/mol. The lowest BCUT2D eigenvalue weighted by Gasteiger charge is -1.86. The fraction of sp³-hybridized carbons (Fsp3) is 0.800. The molecule has 0 aromatic rings. The van der Waals surface area contributed by atoms with Crippen molar-refractivity contribution in [3.05, 3.63) is 0 Å². The van der Waals surface area contributed by atoms with Crippen LogP contribution in [0.1, 0.15) is 6.42 Å². The van der Waals surface area contributed by atoms with Crippen molar-refractivity contribution in [1.82, 2.24) is 0 Å². The van der Waals surface area contributed by atoms with Gasteiger partial charge in [-0.15, -0.1) is 0 Å². The van der Waals surface area contributed by atoms with Crippen LogP contribution in [-0.4, -0.2) is 24.3 Å². The minimum atomic E-state index is 1.03. The molecule has 0 atom stereocenters. The van der Waals surface area contributed by atoms with Crippen molar-refractivity contribution in [1.29, 1.82) is 0 Å². The lowest BCUT2D eigenvalue weighted by molar-refractivity contribution is 1.16. The summed E-state index contributed by atoms with van der Waals surface area (Å²) in [6, 6.07) is 0. The predicted octanol–water partition coefficient (Wildman–Crippen LogP) is 1.19. The van der Waals surface area contributed by atoms with Crippen molar-refractivity contribution in [2.75, 3.05) is 18.1 Å². The van der Waals surface area contributed by atoms with Crippen molar-refractivity contribution >= 4 is 18.0 Å². The SMILES string of the molecule is C1=NCCSCC1. The van der Waals surface area contributed by atoms with Crippen molar-refractivity contribution in [2.45, 2.75) is 6.42 Å². The second-order valence-electron chi connectivity index (χ2n) is 1.49. The van der Waals surface area contributed by atoms with Gasteiger partial charge in [0.15, 0.2) is 0 Å². The second kappa shape index (κ2) is 3.08. The topological polar surface area (TPSA) is 12.4 Å². The molecular formula is C5H9NS. The molecule has 0 aromatic carbocycles. The van der Waals surface area contributed by atoms with Gasteiger partial charge in [-0.25, -0.2) is 0 Å². The van der Waals surface area contributed by atoms with E-state index >= 15 is 0 Å². The van der Waals surface area contributed by atoms with Gasteiger partial charge in [-0.2, -0.15) is 11.8 Å². The molecule has 1 nitrogen and oxygen atoms in total. The Balaban J connectivity index is 2.20. The zero-order valence-electron chi connectivity index (χ0n) is 4.26. The van der Waals surface area contributed by atoms with E-state index in [2.05, 4.69) is 4.99 Å². The van der Waals surface area contributed by atoms with Crippen LogP contribution in [-0.2, 0) is 0 Å². The van der Waals surface area contributed by atoms with Crippen molar-refractivity contribution in [2.24, 2.45) is 4.99 Å². The zero-order chi connectivity index (χ0) is 4.95. The summed E-state index contributed by atoms with van der Waals surface area (Å²) in [4.78, 5) is 4.12. The van der Waals surface area contributed by atoms with Gasteiger partial charge in [-0.1, -0.05) is 0 Å². The lowest BCUT2D eigenvalue weighted by atomic mass is 10.5. The highest BCUT2D eigenvalue weighted by Crippen LogP contribution is 2.03. The normalized spacial score (nSPS) is 21.7. The molecule has 1 heterocycles. The van der Waals surface area contributed by atoms with Crippen LogP contribution in [0.2, 0.25) is 0 Å². The summed E-state index contributed by atoms with van der Waals surface area (Å²) in [5, 5.41) is 0. The summed E-state index contributed by atoms with van der Waals surface area (Å²) < 4.78 is 0. The van der Waals surface area contributed by atoms with E-state index in [0.717, 1.165) is 6.54 Å². The van der Waals surface area contributed by atoms with Crippen LogP contribution in [0.4, 0.5) is 0 Å². The molecule has 0 amide bonds. The van der Waals surface area contributed by atoms with Gasteiger partial charge in [-0.3, -0.25) is 4.99 Å². The molecule has 1 rings (SSSR count). The molecule has 0 radical (unpaired) electrons. The highest BCUT2D eigenvalue weighted by atomic mass is 32.2. The van der Waals surface area contributed by atoms with Gasteiger partial charge in [-0.05, 0) is 18.4 Å². The maximum absolute atomic E-state index is 4.12. The Morgan fingerprint density at radius 3 is 3.43 bits per heavy atom. The molecule has 0 saturated carbocycles. The van der Waals surface area contributed by atoms with Crippen LogP contribution in [0.5, 0.6) is 0 Å². The molecule has 1 aliphatic heterocycles. The monoisotopic (exact) mass is 115 g/mol. The number of hydrogen-bond acceptors (Lipinski definition) is 2. The van der Waals surface area contributed by atoms with Crippen LogP contribution < -0.4 is 0 Å². The molecule has 40 valence electrons. The number of rotatable bonds is 0. The van der Waals surface area contributed by atoms with Gasteiger partial charge in [0.1, 0.15) is 0 Å². The molecule has 2 heteroatoms. The molecule has 0 aliphatic carbocycles. The van der Waals surface area contributed by atoms with Crippen LogP contribution >= 0.6 is 11.8 Å². The van der Waals surface area contributed by atoms with Crippen molar-refractivity contribution in [3.63, 3.8) is 0 Å². The minimum Gasteiger partial charge on any atom is -0.297 e. The van der Waals surface area contributed by atoms with Crippen LogP contribution in [0.3, 0.4) is 0 Å². The summed E-state index contributed by atoms with van der Waals surface area (Å²) in [5.41, 5.74) is 0. The largest absolute Gasteiger partial charge is 0.297 e. The standard InChI is InChI=1S/C5H9NS/c1-2-6-3-5-7-4-1/h2H,1,3-5H2. The number of hydrogen-bond donors (Lipinski definition) is 0. The zero-order valence-corrected chi connectivity index (χ0v) is 5.08. The van der Waals surface area contributed by atoms with Gasteiger partial charge >= 0.3 is 0 Å². The Morgan fingerprint density at radius 1 is 1.43 bits per heavy atom. The van der Waals surface area contributed by atoms with E-state index < -0.39 is 0 Å². The molecule has 0 spiro atoms. The third kappa shape index (κ3) is 1.97. The molecule has 0 saturated heterocycles. The van der Waals surface area contributed by atoms with Crippen LogP contribution in [0.15, 0.2) is 4.99 Å². The summed E-state index contributed by atoms with van der Waals surface area (Å²) in [5.74, 6) is 2.49. The second-order valence-corrected chi connectivity index (χ2v) is 2.71. The molecule has 0 aromatic heterocycles. The maximum Gasteiger partial charge on any atom is 0.0476 e. The Kier molecular flexibility index (Phi) is 2.27. The third-order valence-corrected chi connectivity index (χ3v) is 1.88. The first kappa shape index (κ1) is 5.16. The quantitative estimate of drug-likeness (QED) is 0.462. The summed E-state index contributed by atoms with van der Waals surface area (Å²) in [6.45, 7) is 1.03. The average molecular weight is 115 g/mol. The van der Waals surface area contributed by atoms with Gasteiger partial charge in [0.05, 0.1) is 0 Å². The summed E-state index contributed by atoms with van der Waals surface area (Å²) in [7, 11) is 0. The van der Waals surface area contributed by atoms with E-state index in [1.165, 1.54) is 17.9 Å². The molecule has 7 heavy (non-hydrogen) atoms. The smallest absolute Gasteiger partial charge is 0.0476 e. The Morgan fingerprint density at radius 2 is 2.43 bits per heavy atom. The molecule has 0 fully saturated rings. The number of thioether (sulfide) groups is 1. The molecule has 0 bridgehead atoms. The van der Waals surface area contributed by atoms with Gasteiger partial charge in [0.2, 0.25) is 0 Å². The number of nitrogens with zero attached hydrogens (tertiary/aromatic N) is 1. The third-order valence-electron chi connectivity index (χ3n) is 0.885. The van der Waals surface area contributed by atoms with E-state index in [1.54, 1.807) is 0 Å². The highest BCUT2D eigenvalue weighted by Gasteiger charge is 1.89. The van der Waals surface area contributed by atoms with Crippen molar-refractivity contribution < 1.29 is 0 Å². The first-order valence-electron chi connectivity index (χ1n) is 2.56. The lowest BCUT2D eigenvalue weighted by Crippen LogP contribution is -1.79.